The Kier molecular flexibility index (Phi) is 4.06. The highest BCUT2D eigenvalue weighted by atomic mass is 15.0. The maximum absolute atomic E-state index is 4.88. The SMILES string of the molecule is C1=CCC(C2=CCNC3C2=CC=C2C(C4=CCCC=C4)=CC=NC23)C=C1. The fraction of sp³-hybridized carbons (Fsp3) is 0.292. The Hall–Kier alpha value is -2.45. The van der Waals surface area contributed by atoms with E-state index in [0.717, 1.165) is 25.8 Å². The van der Waals surface area contributed by atoms with Crippen LogP contribution in [-0.2, 0) is 0 Å². The van der Waals surface area contributed by atoms with Crippen molar-refractivity contribution in [3.8, 4) is 0 Å². The summed E-state index contributed by atoms with van der Waals surface area (Å²) in [5, 5.41) is 3.71. The molecular weight excluding hydrogens is 316 g/mol. The third-order valence-electron chi connectivity index (χ3n) is 5.89. The molecule has 0 saturated heterocycles. The van der Waals surface area contributed by atoms with E-state index >= 15 is 0 Å². The average molecular weight is 340 g/mol. The van der Waals surface area contributed by atoms with Crippen molar-refractivity contribution in [1.82, 2.24) is 5.32 Å². The molecule has 130 valence electrons. The van der Waals surface area contributed by atoms with E-state index in [9.17, 15) is 0 Å². The summed E-state index contributed by atoms with van der Waals surface area (Å²) in [5.74, 6) is 0.498. The van der Waals surface area contributed by atoms with E-state index in [1.807, 2.05) is 6.21 Å². The third kappa shape index (κ3) is 2.65. The third-order valence-corrected chi connectivity index (χ3v) is 5.89. The lowest BCUT2D eigenvalue weighted by Gasteiger charge is -2.39. The van der Waals surface area contributed by atoms with Crippen molar-refractivity contribution in [3.63, 3.8) is 0 Å². The standard InChI is InChI=1S/C24H24N2/c1-3-7-17(8-4-1)19-13-15-25-23-21(19)11-12-22-20(14-16-26-24(22)23)18-9-5-2-6-10-18/h1,3-5,7,9-14,16-17,23-25H,2,6,8,15H2. The van der Waals surface area contributed by atoms with Crippen LogP contribution in [-0.4, -0.2) is 24.8 Å². The molecule has 0 aromatic heterocycles. The van der Waals surface area contributed by atoms with Gasteiger partial charge in [-0.3, -0.25) is 4.99 Å². The summed E-state index contributed by atoms with van der Waals surface area (Å²) >= 11 is 0. The summed E-state index contributed by atoms with van der Waals surface area (Å²) in [6.45, 7) is 0.923. The van der Waals surface area contributed by atoms with Gasteiger partial charge >= 0.3 is 0 Å². The Morgan fingerprint density at radius 1 is 0.923 bits per heavy atom. The Morgan fingerprint density at radius 2 is 1.88 bits per heavy atom. The topological polar surface area (TPSA) is 24.4 Å². The number of fused-ring (bicyclic) bond motifs is 3. The van der Waals surface area contributed by atoms with Crippen LogP contribution < -0.4 is 5.32 Å². The van der Waals surface area contributed by atoms with E-state index in [-0.39, 0.29) is 12.1 Å². The van der Waals surface area contributed by atoms with Crippen LogP contribution in [0.3, 0.4) is 0 Å². The monoisotopic (exact) mass is 340 g/mol. The van der Waals surface area contributed by atoms with Crippen LogP contribution in [0.2, 0.25) is 0 Å². The van der Waals surface area contributed by atoms with Gasteiger partial charge in [0.2, 0.25) is 0 Å². The van der Waals surface area contributed by atoms with Crippen molar-refractivity contribution in [2.45, 2.75) is 31.3 Å². The fourth-order valence-electron chi connectivity index (χ4n) is 4.62. The van der Waals surface area contributed by atoms with Gasteiger partial charge in [-0.15, -0.1) is 0 Å². The molecule has 0 aromatic carbocycles. The predicted octanol–water partition coefficient (Wildman–Crippen LogP) is 4.54. The molecule has 0 fully saturated rings. The highest BCUT2D eigenvalue weighted by Gasteiger charge is 2.36. The van der Waals surface area contributed by atoms with E-state index in [1.165, 1.54) is 27.9 Å². The zero-order valence-electron chi connectivity index (χ0n) is 14.9. The molecular formula is C24H24N2. The quantitative estimate of drug-likeness (QED) is 0.784. The normalized spacial score (nSPS) is 32.0. The molecule has 0 radical (unpaired) electrons. The summed E-state index contributed by atoms with van der Waals surface area (Å²) in [7, 11) is 0. The molecule has 3 aliphatic carbocycles. The van der Waals surface area contributed by atoms with E-state index in [0.29, 0.717) is 5.92 Å². The van der Waals surface area contributed by atoms with Crippen LogP contribution in [0.1, 0.15) is 19.3 Å². The minimum atomic E-state index is 0.179. The highest BCUT2D eigenvalue weighted by Crippen LogP contribution is 2.40. The first kappa shape index (κ1) is 15.8. The van der Waals surface area contributed by atoms with Crippen LogP contribution in [0, 0.1) is 5.92 Å². The van der Waals surface area contributed by atoms with Crippen molar-refractivity contribution < 1.29 is 0 Å². The Labute approximate surface area is 155 Å². The van der Waals surface area contributed by atoms with Gasteiger partial charge in [0.25, 0.3) is 0 Å². The van der Waals surface area contributed by atoms with Gasteiger partial charge in [0, 0.05) is 18.7 Å². The molecule has 2 heterocycles. The van der Waals surface area contributed by atoms with E-state index in [1.54, 1.807) is 0 Å². The fourth-order valence-corrected chi connectivity index (χ4v) is 4.62. The number of rotatable bonds is 2. The number of dihydropyridines is 1. The average Bonchev–Trinajstić information content (AvgIpc) is 2.74. The molecule has 3 unspecified atom stereocenters. The molecule has 2 heteroatoms. The van der Waals surface area contributed by atoms with E-state index in [4.69, 9.17) is 4.99 Å². The number of aliphatic imine (C=N–C) groups is 1. The van der Waals surface area contributed by atoms with Gasteiger partial charge in [-0.25, -0.2) is 0 Å². The van der Waals surface area contributed by atoms with Crippen LogP contribution in [0.5, 0.6) is 0 Å². The lowest BCUT2D eigenvalue weighted by Crippen LogP contribution is -2.47. The molecule has 2 aliphatic heterocycles. The number of allylic oxidation sites excluding steroid dienone is 11. The van der Waals surface area contributed by atoms with Gasteiger partial charge in [0.05, 0.1) is 12.1 Å². The predicted molar refractivity (Wildman–Crippen MR) is 109 cm³/mol. The molecule has 5 aliphatic rings. The van der Waals surface area contributed by atoms with Crippen LogP contribution in [0.25, 0.3) is 0 Å². The summed E-state index contributed by atoms with van der Waals surface area (Å²) in [4.78, 5) is 4.88. The molecule has 0 aromatic rings. The van der Waals surface area contributed by atoms with Crippen LogP contribution in [0.15, 0.2) is 99.7 Å². The zero-order chi connectivity index (χ0) is 17.3. The van der Waals surface area contributed by atoms with Crippen molar-refractivity contribution in [2.24, 2.45) is 10.9 Å². The van der Waals surface area contributed by atoms with Crippen molar-refractivity contribution in [2.75, 3.05) is 6.54 Å². The minimum Gasteiger partial charge on any atom is -0.304 e. The molecule has 0 saturated carbocycles. The molecule has 0 amide bonds. The molecule has 0 spiro atoms. The summed E-state index contributed by atoms with van der Waals surface area (Å²) in [5.41, 5.74) is 6.94. The number of hydrogen-bond donors (Lipinski definition) is 1. The van der Waals surface area contributed by atoms with Gasteiger partial charge in [-0.2, -0.15) is 0 Å². The molecule has 1 N–H and O–H groups in total. The minimum absolute atomic E-state index is 0.179. The van der Waals surface area contributed by atoms with Crippen LogP contribution >= 0.6 is 0 Å². The zero-order valence-corrected chi connectivity index (χ0v) is 14.9. The van der Waals surface area contributed by atoms with E-state index in [2.05, 4.69) is 72.2 Å². The second-order valence-electron chi connectivity index (χ2n) is 7.41. The molecule has 2 nitrogen and oxygen atoms in total. The van der Waals surface area contributed by atoms with E-state index < -0.39 is 0 Å². The van der Waals surface area contributed by atoms with Gasteiger partial charge in [-0.05, 0) is 53.2 Å². The number of hydrogen-bond acceptors (Lipinski definition) is 2. The second-order valence-corrected chi connectivity index (χ2v) is 7.41. The lowest BCUT2D eigenvalue weighted by molar-refractivity contribution is 0.513. The van der Waals surface area contributed by atoms with Crippen molar-refractivity contribution in [1.29, 1.82) is 0 Å². The molecule has 5 rings (SSSR count). The Bertz CT molecular complexity index is 883. The first-order valence-electron chi connectivity index (χ1n) is 9.71. The van der Waals surface area contributed by atoms with Gasteiger partial charge < -0.3 is 5.32 Å². The summed E-state index contributed by atoms with van der Waals surface area (Å²) in [6.07, 6.45) is 30.4. The second kappa shape index (κ2) is 6.69. The Balaban J connectivity index is 1.51. The van der Waals surface area contributed by atoms with Gasteiger partial charge in [0.1, 0.15) is 0 Å². The maximum Gasteiger partial charge on any atom is 0.0949 e. The highest BCUT2D eigenvalue weighted by molar-refractivity contribution is 5.81. The first-order valence-corrected chi connectivity index (χ1v) is 9.71. The molecule has 0 bridgehead atoms. The Morgan fingerprint density at radius 3 is 2.73 bits per heavy atom. The summed E-state index contributed by atoms with van der Waals surface area (Å²) in [6, 6.07) is 0.459. The maximum atomic E-state index is 4.88. The molecule has 3 atom stereocenters. The smallest absolute Gasteiger partial charge is 0.0949 e. The number of nitrogens with zero attached hydrogens (tertiary/aromatic N) is 1. The largest absolute Gasteiger partial charge is 0.304 e. The lowest BCUT2D eigenvalue weighted by atomic mass is 9.74. The van der Waals surface area contributed by atoms with Crippen molar-refractivity contribution in [3.05, 3.63) is 94.7 Å². The first-order chi connectivity index (χ1) is 12.9. The van der Waals surface area contributed by atoms with Gasteiger partial charge in [0.15, 0.2) is 0 Å². The molecule has 26 heavy (non-hydrogen) atoms. The summed E-state index contributed by atoms with van der Waals surface area (Å²) < 4.78 is 0. The van der Waals surface area contributed by atoms with Crippen molar-refractivity contribution >= 4 is 6.21 Å². The van der Waals surface area contributed by atoms with Crippen LogP contribution in [0.4, 0.5) is 0 Å². The van der Waals surface area contributed by atoms with Gasteiger partial charge in [-0.1, -0.05) is 60.8 Å². The number of nitrogens with one attached hydrogen (secondary N) is 1.